The molecule has 4 aromatic heterocycles. The van der Waals surface area contributed by atoms with Crippen molar-refractivity contribution in [2.75, 3.05) is 0 Å². The van der Waals surface area contributed by atoms with Gasteiger partial charge in [-0.25, -0.2) is 15.0 Å². The minimum absolute atomic E-state index is 0.353. The van der Waals surface area contributed by atoms with Crippen molar-refractivity contribution in [3.8, 4) is 78.7 Å². The molecule has 4 nitrogen and oxygen atoms in total. The van der Waals surface area contributed by atoms with Crippen LogP contribution in [0.4, 0.5) is 0 Å². The molecule has 2 aliphatic rings. The first-order chi connectivity index (χ1) is 37.6. The first-order valence-corrected chi connectivity index (χ1v) is 27.4. The van der Waals surface area contributed by atoms with Crippen molar-refractivity contribution in [1.82, 2.24) is 15.0 Å². The Labute approximate surface area is 444 Å². The molecule has 6 heteroatoms. The van der Waals surface area contributed by atoms with Crippen molar-refractivity contribution in [2.24, 2.45) is 0 Å². The molecule has 76 heavy (non-hydrogen) atoms. The number of rotatable bonds is 5. The Balaban J connectivity index is 0.783. The highest BCUT2D eigenvalue weighted by Crippen LogP contribution is 2.63. The van der Waals surface area contributed by atoms with E-state index in [1.54, 1.807) is 22.7 Å². The molecule has 0 N–H and O–H groups in total. The summed E-state index contributed by atoms with van der Waals surface area (Å²) >= 11 is 3.60. The molecule has 4 heterocycles. The molecule has 0 radical (unpaired) electrons. The summed E-state index contributed by atoms with van der Waals surface area (Å²) in [5.74, 6) is 1.86. The Morgan fingerprint density at radius 2 is 0.763 bits per heavy atom. The van der Waals surface area contributed by atoms with Crippen LogP contribution in [0.2, 0.25) is 0 Å². The molecule has 17 rings (SSSR count). The minimum Gasteiger partial charge on any atom is -0.456 e. The number of hydrogen-bond acceptors (Lipinski definition) is 6. The molecule has 352 valence electrons. The average Bonchev–Trinajstić information content (AvgIpc) is 4.48. The van der Waals surface area contributed by atoms with Gasteiger partial charge in [0.1, 0.15) is 11.2 Å². The van der Waals surface area contributed by atoms with Gasteiger partial charge in [0.2, 0.25) is 0 Å². The van der Waals surface area contributed by atoms with Crippen molar-refractivity contribution in [2.45, 2.75) is 5.41 Å². The number of hydrogen-bond donors (Lipinski definition) is 0. The highest BCUT2D eigenvalue weighted by molar-refractivity contribution is 7.26. The van der Waals surface area contributed by atoms with Crippen LogP contribution in [0.25, 0.3) is 141 Å². The largest absolute Gasteiger partial charge is 0.456 e. The molecule has 0 aliphatic heterocycles. The number of nitrogens with zero attached hydrogens (tertiary/aromatic N) is 3. The molecule has 0 bridgehead atoms. The topological polar surface area (TPSA) is 51.8 Å². The lowest BCUT2D eigenvalue weighted by molar-refractivity contribution is 0.669. The van der Waals surface area contributed by atoms with Gasteiger partial charge in [-0.3, -0.25) is 0 Å². The van der Waals surface area contributed by atoms with Crippen LogP contribution in [-0.4, -0.2) is 15.0 Å². The van der Waals surface area contributed by atoms with E-state index in [1.165, 1.54) is 90.6 Å². The second kappa shape index (κ2) is 15.8. The first-order valence-electron chi connectivity index (χ1n) is 25.7. The molecular weight excluding hydrogens is 963 g/mol. The molecule has 0 amide bonds. The van der Waals surface area contributed by atoms with Crippen molar-refractivity contribution >= 4 is 85.0 Å². The molecule has 0 fully saturated rings. The molecule has 0 atom stereocenters. The third kappa shape index (κ3) is 5.91. The van der Waals surface area contributed by atoms with Crippen LogP contribution in [0.1, 0.15) is 22.3 Å². The van der Waals surface area contributed by atoms with Gasteiger partial charge in [-0.2, -0.15) is 0 Å². The number of furan rings is 1. The highest BCUT2D eigenvalue weighted by Gasteiger charge is 2.51. The van der Waals surface area contributed by atoms with Gasteiger partial charge in [0.05, 0.1) is 5.41 Å². The predicted octanol–water partition coefficient (Wildman–Crippen LogP) is 19.2. The van der Waals surface area contributed by atoms with E-state index in [0.29, 0.717) is 17.5 Å². The summed E-state index contributed by atoms with van der Waals surface area (Å²) in [6.45, 7) is 0. The smallest absolute Gasteiger partial charge is 0.164 e. The van der Waals surface area contributed by atoms with Crippen LogP contribution in [0, 0.1) is 0 Å². The third-order valence-corrected chi connectivity index (χ3v) is 18.5. The van der Waals surface area contributed by atoms with Crippen LogP contribution in [0.15, 0.2) is 241 Å². The monoisotopic (exact) mass is 1000 g/mol. The molecule has 0 saturated heterocycles. The maximum Gasteiger partial charge on any atom is 0.164 e. The van der Waals surface area contributed by atoms with Gasteiger partial charge < -0.3 is 4.42 Å². The zero-order valence-corrected chi connectivity index (χ0v) is 42.2. The van der Waals surface area contributed by atoms with E-state index in [2.05, 4.69) is 224 Å². The van der Waals surface area contributed by atoms with Gasteiger partial charge in [-0.05, 0) is 115 Å². The summed E-state index contributed by atoms with van der Waals surface area (Å²) in [5, 5.41) is 6.84. The van der Waals surface area contributed by atoms with Crippen LogP contribution >= 0.6 is 22.7 Å². The zero-order chi connectivity index (χ0) is 49.6. The SMILES string of the molecule is c1ccc2c(c1)-c1ccccc1C21c2ccccc2-c2cc(-c3ccc(-c4ccc5oc6cccc(-c7nc(-c8ccc9c(c8)sc8ccccc89)nc(-c8cccc9sc%10ccccc%10c89)n7)c6c5c4)cc3)ccc21. The summed E-state index contributed by atoms with van der Waals surface area (Å²) < 4.78 is 11.5. The van der Waals surface area contributed by atoms with Gasteiger partial charge in [-0.1, -0.05) is 188 Å². The molecule has 11 aromatic carbocycles. The van der Waals surface area contributed by atoms with Crippen LogP contribution in [0.5, 0.6) is 0 Å². The van der Waals surface area contributed by atoms with Crippen LogP contribution in [-0.2, 0) is 5.41 Å². The number of benzene rings is 11. The van der Waals surface area contributed by atoms with E-state index in [0.717, 1.165) is 55.1 Å². The maximum absolute atomic E-state index is 6.65. The van der Waals surface area contributed by atoms with E-state index >= 15 is 0 Å². The van der Waals surface area contributed by atoms with Gasteiger partial charge in [0.25, 0.3) is 0 Å². The summed E-state index contributed by atoms with van der Waals surface area (Å²) in [4.78, 5) is 16.1. The van der Waals surface area contributed by atoms with Crippen molar-refractivity contribution < 1.29 is 4.42 Å². The standard InChI is InChI=1S/C70H39N3OS2/c1-6-20-55-45(13-1)46-14-2-7-21-56(46)70(55)57-22-8-3-15-47(57)53-37-42(32-35-58(53)70)40-27-29-41(30-28-40)43-33-36-59-54(38-43)65-51(18-11-23-60(65)74-59)68-71-67(44-31-34-49-48-16-4-9-24-61(48)76-64(49)39-44)72-69(73-68)52-19-12-26-63-66(52)50-17-5-10-25-62(50)75-63/h1-39H. The molecule has 0 saturated carbocycles. The highest BCUT2D eigenvalue weighted by atomic mass is 32.1. The number of fused-ring (bicyclic) bond motifs is 19. The van der Waals surface area contributed by atoms with Crippen molar-refractivity contribution in [3.63, 3.8) is 0 Å². The van der Waals surface area contributed by atoms with Crippen molar-refractivity contribution in [3.05, 3.63) is 259 Å². The maximum atomic E-state index is 6.65. The summed E-state index contributed by atoms with van der Waals surface area (Å²) in [6.07, 6.45) is 0. The second-order valence-electron chi connectivity index (χ2n) is 20.1. The first kappa shape index (κ1) is 42.1. The lowest BCUT2D eigenvalue weighted by Gasteiger charge is -2.30. The quantitative estimate of drug-likeness (QED) is 0.172. The van der Waals surface area contributed by atoms with E-state index in [-0.39, 0.29) is 5.41 Å². The van der Waals surface area contributed by atoms with Gasteiger partial charge in [0, 0.05) is 67.8 Å². The van der Waals surface area contributed by atoms with Crippen LogP contribution < -0.4 is 0 Å². The number of thiophene rings is 2. The molecule has 1 spiro atoms. The van der Waals surface area contributed by atoms with E-state index in [4.69, 9.17) is 19.4 Å². The Kier molecular flexibility index (Phi) is 8.77. The van der Waals surface area contributed by atoms with Gasteiger partial charge >= 0.3 is 0 Å². The van der Waals surface area contributed by atoms with E-state index < -0.39 is 0 Å². The average molecular weight is 1000 g/mol. The fourth-order valence-electron chi connectivity index (χ4n) is 12.9. The van der Waals surface area contributed by atoms with Gasteiger partial charge in [-0.15, -0.1) is 22.7 Å². The Morgan fingerprint density at radius 1 is 0.276 bits per heavy atom. The predicted molar refractivity (Wildman–Crippen MR) is 316 cm³/mol. The molecule has 2 aliphatic carbocycles. The fraction of sp³-hybridized carbons (Fsp3) is 0.0143. The summed E-state index contributed by atoms with van der Waals surface area (Å²) in [5.41, 5.74) is 19.3. The normalized spacial score (nSPS) is 13.1. The Bertz CT molecular complexity index is 4920. The van der Waals surface area contributed by atoms with Crippen LogP contribution in [0.3, 0.4) is 0 Å². The fourth-order valence-corrected chi connectivity index (χ4v) is 15.2. The van der Waals surface area contributed by atoms with E-state index in [9.17, 15) is 0 Å². The van der Waals surface area contributed by atoms with Crippen molar-refractivity contribution in [1.29, 1.82) is 0 Å². The zero-order valence-electron chi connectivity index (χ0n) is 40.6. The Morgan fingerprint density at radius 3 is 1.49 bits per heavy atom. The summed E-state index contributed by atoms with van der Waals surface area (Å²) in [6, 6.07) is 86.2. The second-order valence-corrected chi connectivity index (χ2v) is 22.3. The molecule has 0 unspecified atom stereocenters. The van der Waals surface area contributed by atoms with Gasteiger partial charge in [0.15, 0.2) is 17.5 Å². The Hall–Kier alpha value is -9.33. The summed E-state index contributed by atoms with van der Waals surface area (Å²) in [7, 11) is 0. The lowest BCUT2D eigenvalue weighted by atomic mass is 9.70. The third-order valence-electron chi connectivity index (χ3n) is 16.2. The molecular formula is C70H39N3OS2. The number of aromatic nitrogens is 3. The minimum atomic E-state index is -0.353. The lowest BCUT2D eigenvalue weighted by Crippen LogP contribution is -2.25. The van der Waals surface area contributed by atoms with E-state index in [1.807, 2.05) is 12.1 Å². The molecule has 15 aromatic rings.